The molecule has 1 saturated heterocycles. The lowest BCUT2D eigenvalue weighted by Gasteiger charge is -2.28. The number of likely N-dealkylation sites (tertiary alicyclic amines) is 1. The van der Waals surface area contributed by atoms with E-state index in [0.29, 0.717) is 12.5 Å². The lowest BCUT2D eigenvalue weighted by Crippen LogP contribution is -2.48. The van der Waals surface area contributed by atoms with Gasteiger partial charge in [-0.2, -0.15) is 0 Å². The SMILES string of the molecule is C1CCC(CC2CCCCC2)CC1.CC.NCC(=O)N1CCCC1C(=O)NCC1CCCCC1. The van der Waals surface area contributed by atoms with Gasteiger partial charge < -0.3 is 16.0 Å². The second-order valence-corrected chi connectivity index (χ2v) is 10.9. The van der Waals surface area contributed by atoms with Crippen molar-refractivity contribution in [2.45, 2.75) is 135 Å². The van der Waals surface area contributed by atoms with E-state index >= 15 is 0 Å². The van der Waals surface area contributed by atoms with E-state index in [1.807, 2.05) is 13.8 Å². The third kappa shape index (κ3) is 10.3. The topological polar surface area (TPSA) is 75.4 Å². The average Bonchev–Trinajstić information content (AvgIpc) is 3.40. The molecule has 4 fully saturated rings. The van der Waals surface area contributed by atoms with Crippen molar-refractivity contribution in [1.29, 1.82) is 0 Å². The second kappa shape index (κ2) is 17.3. The molecule has 4 rings (SSSR count). The fourth-order valence-corrected chi connectivity index (χ4v) is 6.53. The third-order valence-electron chi connectivity index (χ3n) is 8.46. The maximum Gasteiger partial charge on any atom is 0.242 e. The van der Waals surface area contributed by atoms with Gasteiger partial charge in [0.15, 0.2) is 0 Å². The minimum absolute atomic E-state index is 0.00451. The fraction of sp³-hybridized carbons (Fsp3) is 0.931. The second-order valence-electron chi connectivity index (χ2n) is 10.9. The first-order valence-electron chi connectivity index (χ1n) is 14.9. The van der Waals surface area contributed by atoms with Gasteiger partial charge in [0.25, 0.3) is 0 Å². The first-order chi connectivity index (χ1) is 16.7. The van der Waals surface area contributed by atoms with Gasteiger partial charge in [-0.1, -0.05) is 97.3 Å². The number of hydrogen-bond donors (Lipinski definition) is 2. The van der Waals surface area contributed by atoms with E-state index in [2.05, 4.69) is 5.32 Å². The van der Waals surface area contributed by atoms with Crippen LogP contribution in [0.15, 0.2) is 0 Å². The van der Waals surface area contributed by atoms with Crippen LogP contribution in [0, 0.1) is 17.8 Å². The van der Waals surface area contributed by atoms with Gasteiger partial charge in [-0.15, -0.1) is 0 Å². The molecular weight excluding hydrogens is 422 g/mol. The molecule has 0 radical (unpaired) electrons. The van der Waals surface area contributed by atoms with Gasteiger partial charge >= 0.3 is 0 Å². The van der Waals surface area contributed by atoms with Crippen LogP contribution in [0.1, 0.15) is 129 Å². The van der Waals surface area contributed by atoms with Crippen LogP contribution in [0.3, 0.4) is 0 Å². The summed E-state index contributed by atoms with van der Waals surface area (Å²) < 4.78 is 0. The number of nitrogens with one attached hydrogen (secondary N) is 1. The number of amides is 2. The van der Waals surface area contributed by atoms with E-state index < -0.39 is 0 Å². The van der Waals surface area contributed by atoms with Gasteiger partial charge in [0.05, 0.1) is 6.54 Å². The quantitative estimate of drug-likeness (QED) is 0.478. The minimum atomic E-state index is -0.292. The molecule has 4 aliphatic rings. The summed E-state index contributed by atoms with van der Waals surface area (Å²) in [4.78, 5) is 25.5. The highest BCUT2D eigenvalue weighted by Gasteiger charge is 2.33. The molecule has 0 aromatic rings. The van der Waals surface area contributed by atoms with E-state index in [-0.39, 0.29) is 24.4 Å². The molecule has 2 amide bonds. The van der Waals surface area contributed by atoms with Gasteiger partial charge in [0.1, 0.15) is 6.04 Å². The Hall–Kier alpha value is -1.10. The molecule has 3 N–H and O–H groups in total. The van der Waals surface area contributed by atoms with Crippen LogP contribution in [0.2, 0.25) is 0 Å². The van der Waals surface area contributed by atoms with E-state index in [1.54, 1.807) is 37.0 Å². The summed E-state index contributed by atoms with van der Waals surface area (Å²) in [5.74, 6) is 2.76. The number of hydrogen-bond acceptors (Lipinski definition) is 3. The largest absolute Gasteiger partial charge is 0.354 e. The predicted molar refractivity (Wildman–Crippen MR) is 142 cm³/mol. The van der Waals surface area contributed by atoms with Crippen molar-refractivity contribution in [3.05, 3.63) is 0 Å². The van der Waals surface area contributed by atoms with E-state index in [9.17, 15) is 9.59 Å². The first kappa shape index (κ1) is 29.1. The molecule has 0 bridgehead atoms. The van der Waals surface area contributed by atoms with Crippen LogP contribution in [0.5, 0.6) is 0 Å². The van der Waals surface area contributed by atoms with Crippen LogP contribution < -0.4 is 11.1 Å². The molecule has 198 valence electrons. The Morgan fingerprint density at radius 2 is 1.18 bits per heavy atom. The van der Waals surface area contributed by atoms with Crippen LogP contribution >= 0.6 is 0 Å². The molecular formula is C29H55N3O2. The Bertz CT molecular complexity index is 534. The maximum absolute atomic E-state index is 12.2. The van der Waals surface area contributed by atoms with E-state index in [1.165, 1.54) is 70.6 Å². The molecule has 0 aromatic heterocycles. The fourth-order valence-electron chi connectivity index (χ4n) is 6.53. The van der Waals surface area contributed by atoms with Crippen LogP contribution in [0.4, 0.5) is 0 Å². The molecule has 0 aromatic carbocycles. The number of rotatable bonds is 6. The maximum atomic E-state index is 12.2. The summed E-state index contributed by atoms with van der Waals surface area (Å²) in [6.45, 7) is 5.42. The van der Waals surface area contributed by atoms with Crippen LogP contribution in [-0.4, -0.2) is 42.4 Å². The van der Waals surface area contributed by atoms with Crippen LogP contribution in [0.25, 0.3) is 0 Å². The molecule has 3 saturated carbocycles. The molecule has 1 unspecified atom stereocenters. The molecule has 1 atom stereocenters. The Labute approximate surface area is 210 Å². The van der Waals surface area contributed by atoms with Gasteiger partial charge in [-0.3, -0.25) is 9.59 Å². The van der Waals surface area contributed by atoms with Gasteiger partial charge in [0, 0.05) is 13.1 Å². The summed E-state index contributed by atoms with van der Waals surface area (Å²) in [6, 6.07) is -0.292. The monoisotopic (exact) mass is 477 g/mol. The highest BCUT2D eigenvalue weighted by atomic mass is 16.2. The van der Waals surface area contributed by atoms with Crippen molar-refractivity contribution in [3.8, 4) is 0 Å². The zero-order chi connectivity index (χ0) is 24.6. The zero-order valence-corrected chi connectivity index (χ0v) is 22.5. The minimum Gasteiger partial charge on any atom is -0.354 e. The van der Waals surface area contributed by atoms with Crippen molar-refractivity contribution in [3.63, 3.8) is 0 Å². The highest BCUT2D eigenvalue weighted by molar-refractivity contribution is 5.88. The summed E-state index contributed by atoms with van der Waals surface area (Å²) in [5, 5.41) is 3.03. The van der Waals surface area contributed by atoms with Crippen molar-refractivity contribution in [2.75, 3.05) is 19.6 Å². The summed E-state index contributed by atoms with van der Waals surface area (Å²) in [5.41, 5.74) is 5.38. The number of nitrogens with zero attached hydrogens (tertiary/aromatic N) is 1. The molecule has 5 nitrogen and oxygen atoms in total. The smallest absolute Gasteiger partial charge is 0.242 e. The number of nitrogens with two attached hydrogens (primary N) is 1. The molecule has 3 aliphatic carbocycles. The molecule has 34 heavy (non-hydrogen) atoms. The molecule has 5 heteroatoms. The Kier molecular flexibility index (Phi) is 14.9. The molecule has 1 heterocycles. The zero-order valence-electron chi connectivity index (χ0n) is 22.5. The summed E-state index contributed by atoms with van der Waals surface area (Å²) in [6.07, 6.45) is 24.9. The highest BCUT2D eigenvalue weighted by Crippen LogP contribution is 2.35. The van der Waals surface area contributed by atoms with Gasteiger partial charge in [-0.05, 0) is 49.9 Å². The van der Waals surface area contributed by atoms with Crippen molar-refractivity contribution >= 4 is 11.8 Å². The van der Waals surface area contributed by atoms with E-state index in [4.69, 9.17) is 5.73 Å². The first-order valence-corrected chi connectivity index (χ1v) is 14.9. The standard InChI is InChI=1S/C14H25N3O2.C13H24.C2H6/c15-9-13(18)17-8-4-7-12(17)14(19)16-10-11-5-2-1-3-6-11;1-3-7-12(8-4-1)11-13-9-5-2-6-10-13;1-2/h11-12H,1-10,15H2,(H,16,19);12-13H,1-11H2;1-2H3. The summed E-state index contributed by atoms with van der Waals surface area (Å²) in [7, 11) is 0. The Morgan fingerprint density at radius 3 is 1.65 bits per heavy atom. The molecule has 1 aliphatic heterocycles. The van der Waals surface area contributed by atoms with Crippen molar-refractivity contribution < 1.29 is 9.59 Å². The van der Waals surface area contributed by atoms with Gasteiger partial charge in [-0.25, -0.2) is 0 Å². The van der Waals surface area contributed by atoms with Crippen LogP contribution in [-0.2, 0) is 9.59 Å². The van der Waals surface area contributed by atoms with Crippen molar-refractivity contribution in [1.82, 2.24) is 10.2 Å². The lowest BCUT2D eigenvalue weighted by molar-refractivity contribution is -0.137. The Balaban J connectivity index is 0.000000237. The molecule has 0 spiro atoms. The summed E-state index contributed by atoms with van der Waals surface area (Å²) >= 11 is 0. The van der Waals surface area contributed by atoms with Crippen molar-refractivity contribution in [2.24, 2.45) is 23.5 Å². The number of carbonyl (C=O) groups excluding carboxylic acids is 2. The predicted octanol–water partition coefficient (Wildman–Crippen LogP) is 6.20. The normalized spacial score (nSPS) is 24.4. The Morgan fingerprint density at radius 1 is 0.706 bits per heavy atom. The number of carbonyl (C=O) groups is 2. The van der Waals surface area contributed by atoms with E-state index in [0.717, 1.165) is 31.2 Å². The third-order valence-corrected chi connectivity index (χ3v) is 8.46. The average molecular weight is 478 g/mol. The van der Waals surface area contributed by atoms with Gasteiger partial charge in [0.2, 0.25) is 11.8 Å². The lowest BCUT2D eigenvalue weighted by atomic mass is 9.78.